The zero-order valence-corrected chi connectivity index (χ0v) is 11.2. The predicted molar refractivity (Wildman–Crippen MR) is 64.7 cm³/mol. The van der Waals surface area contributed by atoms with Crippen molar-refractivity contribution in [3.05, 3.63) is 33.3 Å². The van der Waals surface area contributed by atoms with E-state index in [2.05, 4.69) is 15.9 Å². The Morgan fingerprint density at radius 1 is 1.32 bits per heavy atom. The lowest BCUT2D eigenvalue weighted by atomic mass is 9.97. The zero-order chi connectivity index (χ0) is 14.2. The first kappa shape index (κ1) is 14.0. The smallest absolute Gasteiger partial charge is 0.330 e. The Balaban J connectivity index is 2.28. The van der Waals surface area contributed by atoms with Crippen LogP contribution in [0, 0.1) is 0 Å². The lowest BCUT2D eigenvalue weighted by molar-refractivity contribution is -0.186. The van der Waals surface area contributed by atoms with Crippen molar-refractivity contribution in [2.45, 2.75) is 19.1 Å². The van der Waals surface area contributed by atoms with Crippen molar-refractivity contribution in [1.82, 2.24) is 4.90 Å². The van der Waals surface area contributed by atoms with Crippen LogP contribution >= 0.6 is 15.9 Å². The molecule has 0 N–H and O–H groups in total. The van der Waals surface area contributed by atoms with Crippen molar-refractivity contribution in [1.29, 1.82) is 0 Å². The number of nitrogens with zero attached hydrogens (tertiary/aromatic N) is 1. The topological polar surface area (TPSA) is 37.4 Å². The van der Waals surface area contributed by atoms with Crippen LogP contribution in [-0.2, 0) is 17.8 Å². The van der Waals surface area contributed by atoms with E-state index in [-0.39, 0.29) is 13.1 Å². The van der Waals surface area contributed by atoms with Gasteiger partial charge in [-0.1, -0.05) is 15.9 Å². The minimum absolute atomic E-state index is 0.00523. The van der Waals surface area contributed by atoms with Gasteiger partial charge in [-0.05, 0) is 29.7 Å². The van der Waals surface area contributed by atoms with Gasteiger partial charge in [0, 0.05) is 23.1 Å². The van der Waals surface area contributed by atoms with E-state index in [0.29, 0.717) is 28.3 Å². The molecule has 0 bridgehead atoms. The third kappa shape index (κ3) is 2.80. The van der Waals surface area contributed by atoms with Crippen LogP contribution in [-0.4, -0.2) is 29.8 Å². The van der Waals surface area contributed by atoms with Gasteiger partial charge >= 0.3 is 12.1 Å². The summed E-state index contributed by atoms with van der Waals surface area (Å²) in [5, 5.41) is 0. The van der Waals surface area contributed by atoms with Crippen LogP contribution in [0.15, 0.2) is 16.6 Å². The molecule has 19 heavy (non-hydrogen) atoms. The van der Waals surface area contributed by atoms with Crippen molar-refractivity contribution in [2.24, 2.45) is 0 Å². The van der Waals surface area contributed by atoms with Crippen molar-refractivity contribution >= 4 is 28.1 Å². The molecule has 0 saturated carbocycles. The van der Waals surface area contributed by atoms with E-state index in [1.54, 1.807) is 12.1 Å². The van der Waals surface area contributed by atoms with Crippen LogP contribution in [0.2, 0.25) is 0 Å². The molecule has 102 valence electrons. The van der Waals surface area contributed by atoms with Gasteiger partial charge < -0.3 is 4.90 Å². The fraction of sp³-hybridized carbons (Fsp3) is 0.333. The van der Waals surface area contributed by atoms with Crippen molar-refractivity contribution < 1.29 is 22.8 Å². The number of carbonyl (C=O) groups excluding carboxylic acids is 2. The molecule has 1 aromatic rings. The Morgan fingerprint density at radius 2 is 2.00 bits per heavy atom. The second kappa shape index (κ2) is 4.96. The van der Waals surface area contributed by atoms with E-state index in [9.17, 15) is 22.8 Å². The number of amides is 1. The Bertz CT molecular complexity index is 543. The quantitative estimate of drug-likeness (QED) is 0.740. The van der Waals surface area contributed by atoms with Crippen LogP contribution in [0.5, 0.6) is 0 Å². The Kier molecular flexibility index (Phi) is 3.66. The molecule has 7 heteroatoms. The third-order valence-corrected chi connectivity index (χ3v) is 3.67. The highest BCUT2D eigenvalue weighted by Crippen LogP contribution is 2.28. The summed E-state index contributed by atoms with van der Waals surface area (Å²) in [6.07, 6.45) is -3.86. The molecular formula is C12H9BrF3NO2. The molecule has 0 aliphatic carbocycles. The second-order valence-corrected chi connectivity index (χ2v) is 5.09. The number of halogens is 4. The first-order valence-electron chi connectivity index (χ1n) is 5.45. The molecule has 3 nitrogen and oxygen atoms in total. The van der Waals surface area contributed by atoms with E-state index in [0.717, 1.165) is 10.5 Å². The lowest BCUT2D eigenvalue weighted by Gasteiger charge is -2.29. The maximum Gasteiger partial charge on any atom is 0.471 e. The van der Waals surface area contributed by atoms with Crippen molar-refractivity contribution in [3.63, 3.8) is 0 Å². The maximum atomic E-state index is 12.4. The van der Waals surface area contributed by atoms with Gasteiger partial charge in [0.1, 0.15) is 0 Å². The monoisotopic (exact) mass is 335 g/mol. The molecule has 0 unspecified atom stereocenters. The Labute approximate surface area is 115 Å². The molecule has 1 aliphatic rings. The van der Waals surface area contributed by atoms with Gasteiger partial charge in [0.15, 0.2) is 6.29 Å². The molecule has 0 spiro atoms. The standard InChI is InChI=1S/C12H9BrF3NO2/c13-10-4-8-5-17(11(19)12(14,15)16)2-1-7(8)3-9(10)6-18/h3-4,6H,1-2,5H2. The highest BCUT2D eigenvalue weighted by Gasteiger charge is 2.43. The van der Waals surface area contributed by atoms with Gasteiger partial charge in [-0.2, -0.15) is 13.2 Å². The number of alkyl halides is 3. The number of hydrogen-bond donors (Lipinski definition) is 0. The predicted octanol–water partition coefficient (Wildman–Crippen LogP) is 2.71. The fourth-order valence-electron chi connectivity index (χ4n) is 2.04. The summed E-state index contributed by atoms with van der Waals surface area (Å²) in [7, 11) is 0. The molecule has 0 atom stereocenters. The molecule has 2 rings (SSSR count). The minimum atomic E-state index is -4.85. The summed E-state index contributed by atoms with van der Waals surface area (Å²) >= 11 is 3.18. The number of aldehydes is 1. The lowest BCUT2D eigenvalue weighted by Crippen LogP contribution is -2.43. The van der Waals surface area contributed by atoms with Crippen LogP contribution in [0.25, 0.3) is 0 Å². The van der Waals surface area contributed by atoms with Crippen LogP contribution in [0.3, 0.4) is 0 Å². The van der Waals surface area contributed by atoms with Gasteiger partial charge in [-0.15, -0.1) is 0 Å². The van der Waals surface area contributed by atoms with Crippen LogP contribution < -0.4 is 0 Å². The van der Waals surface area contributed by atoms with Crippen LogP contribution in [0.4, 0.5) is 13.2 Å². The summed E-state index contributed by atoms with van der Waals surface area (Å²) in [6.45, 7) is -0.0866. The molecule has 0 fully saturated rings. The number of rotatable bonds is 1. The molecule has 0 radical (unpaired) electrons. The van der Waals surface area contributed by atoms with E-state index < -0.39 is 12.1 Å². The summed E-state index contributed by atoms with van der Waals surface area (Å²) in [5.41, 5.74) is 1.88. The second-order valence-electron chi connectivity index (χ2n) is 4.23. The number of hydrogen-bond acceptors (Lipinski definition) is 2. The fourth-order valence-corrected chi connectivity index (χ4v) is 2.53. The molecule has 0 aromatic heterocycles. The largest absolute Gasteiger partial charge is 0.471 e. The normalized spacial score (nSPS) is 15.1. The average molecular weight is 336 g/mol. The minimum Gasteiger partial charge on any atom is -0.330 e. The highest BCUT2D eigenvalue weighted by atomic mass is 79.9. The van der Waals surface area contributed by atoms with E-state index in [4.69, 9.17) is 0 Å². The Morgan fingerprint density at radius 3 is 2.58 bits per heavy atom. The third-order valence-electron chi connectivity index (χ3n) is 2.99. The SMILES string of the molecule is O=Cc1cc2c(cc1Br)CN(C(=O)C(F)(F)F)CC2. The van der Waals surface area contributed by atoms with Gasteiger partial charge in [-0.25, -0.2) is 0 Å². The number of fused-ring (bicyclic) bond motifs is 1. The van der Waals surface area contributed by atoms with Crippen molar-refractivity contribution in [3.8, 4) is 0 Å². The van der Waals surface area contributed by atoms with Gasteiger partial charge in [0.05, 0.1) is 0 Å². The molecule has 1 aromatic carbocycles. The first-order chi connectivity index (χ1) is 8.82. The average Bonchev–Trinajstić information content (AvgIpc) is 2.35. The highest BCUT2D eigenvalue weighted by molar-refractivity contribution is 9.10. The van der Waals surface area contributed by atoms with Crippen molar-refractivity contribution in [2.75, 3.05) is 6.54 Å². The maximum absolute atomic E-state index is 12.4. The van der Waals surface area contributed by atoms with E-state index >= 15 is 0 Å². The summed E-state index contributed by atoms with van der Waals surface area (Å²) in [6, 6.07) is 3.23. The van der Waals surface area contributed by atoms with Crippen LogP contribution in [0.1, 0.15) is 21.5 Å². The summed E-state index contributed by atoms with van der Waals surface area (Å²) in [5.74, 6) is -1.83. The Hall–Kier alpha value is -1.37. The zero-order valence-electron chi connectivity index (χ0n) is 9.63. The number of benzene rings is 1. The molecular weight excluding hydrogens is 327 g/mol. The first-order valence-corrected chi connectivity index (χ1v) is 6.25. The summed E-state index contributed by atoms with van der Waals surface area (Å²) in [4.78, 5) is 22.7. The number of carbonyl (C=O) groups is 2. The summed E-state index contributed by atoms with van der Waals surface area (Å²) < 4.78 is 37.6. The van der Waals surface area contributed by atoms with Gasteiger partial charge in [-0.3, -0.25) is 9.59 Å². The molecule has 1 amide bonds. The van der Waals surface area contributed by atoms with E-state index in [1.807, 2.05) is 0 Å². The van der Waals surface area contributed by atoms with Gasteiger partial charge in [0.25, 0.3) is 0 Å². The van der Waals surface area contributed by atoms with E-state index in [1.165, 1.54) is 0 Å². The molecule has 0 saturated heterocycles. The molecule has 1 heterocycles. The van der Waals surface area contributed by atoms with Gasteiger partial charge in [0.2, 0.25) is 0 Å². The molecule has 1 aliphatic heterocycles.